The standard InChI is InChI=1S/C17H17ClN2O/c1-12(14-5-9-16(19)10-6-14)20-17(21)11-4-13-2-7-15(18)8-3-13/h2-12H,19H2,1H3,(H,20,21)/b11-4+. The Morgan fingerprint density at radius 2 is 1.76 bits per heavy atom. The van der Waals surface area contributed by atoms with Crippen LogP contribution in [0.25, 0.3) is 6.08 Å². The molecule has 108 valence electrons. The van der Waals surface area contributed by atoms with E-state index >= 15 is 0 Å². The van der Waals surface area contributed by atoms with Crippen molar-refractivity contribution in [3.8, 4) is 0 Å². The molecule has 0 saturated heterocycles. The minimum Gasteiger partial charge on any atom is -0.399 e. The molecule has 0 heterocycles. The van der Waals surface area contributed by atoms with E-state index in [1.165, 1.54) is 6.08 Å². The average Bonchev–Trinajstić information content (AvgIpc) is 2.47. The second-order valence-electron chi connectivity index (χ2n) is 4.78. The van der Waals surface area contributed by atoms with E-state index in [0.717, 1.165) is 11.1 Å². The summed E-state index contributed by atoms with van der Waals surface area (Å²) in [4.78, 5) is 11.9. The van der Waals surface area contributed by atoms with Crippen LogP contribution in [0.1, 0.15) is 24.1 Å². The lowest BCUT2D eigenvalue weighted by Crippen LogP contribution is -2.24. The summed E-state index contributed by atoms with van der Waals surface area (Å²) < 4.78 is 0. The molecular weight excluding hydrogens is 284 g/mol. The molecule has 1 atom stereocenters. The second-order valence-corrected chi connectivity index (χ2v) is 5.22. The summed E-state index contributed by atoms with van der Waals surface area (Å²) in [6.07, 6.45) is 3.26. The number of rotatable bonds is 4. The summed E-state index contributed by atoms with van der Waals surface area (Å²) in [7, 11) is 0. The third-order valence-electron chi connectivity index (χ3n) is 3.09. The molecule has 0 aliphatic rings. The molecule has 0 aliphatic carbocycles. The molecule has 4 heteroatoms. The molecule has 2 aromatic carbocycles. The lowest BCUT2D eigenvalue weighted by atomic mass is 10.1. The average molecular weight is 301 g/mol. The van der Waals surface area contributed by atoms with Gasteiger partial charge in [0.2, 0.25) is 5.91 Å². The van der Waals surface area contributed by atoms with Gasteiger partial charge in [-0.15, -0.1) is 0 Å². The maximum absolute atomic E-state index is 11.9. The zero-order chi connectivity index (χ0) is 15.2. The maximum atomic E-state index is 11.9. The molecular formula is C17H17ClN2O. The van der Waals surface area contributed by atoms with E-state index < -0.39 is 0 Å². The number of carbonyl (C=O) groups is 1. The van der Waals surface area contributed by atoms with Crippen LogP contribution in [0.2, 0.25) is 5.02 Å². The fourth-order valence-electron chi connectivity index (χ4n) is 1.88. The molecule has 1 amide bonds. The monoisotopic (exact) mass is 300 g/mol. The van der Waals surface area contributed by atoms with Gasteiger partial charge >= 0.3 is 0 Å². The normalized spacial score (nSPS) is 12.3. The van der Waals surface area contributed by atoms with Crippen LogP contribution in [0.3, 0.4) is 0 Å². The molecule has 0 fully saturated rings. The Labute approximate surface area is 129 Å². The number of anilines is 1. The fraction of sp³-hybridized carbons (Fsp3) is 0.118. The first-order valence-electron chi connectivity index (χ1n) is 6.64. The van der Waals surface area contributed by atoms with Gasteiger partial charge in [-0.25, -0.2) is 0 Å². The van der Waals surface area contributed by atoms with Crippen molar-refractivity contribution in [1.82, 2.24) is 5.32 Å². The van der Waals surface area contributed by atoms with Crippen molar-refractivity contribution in [3.63, 3.8) is 0 Å². The molecule has 2 rings (SSSR count). The Kier molecular flexibility index (Phi) is 5.01. The molecule has 0 aromatic heterocycles. The van der Waals surface area contributed by atoms with Crippen molar-refractivity contribution in [3.05, 3.63) is 70.8 Å². The molecule has 0 saturated carbocycles. The first kappa shape index (κ1) is 15.1. The SMILES string of the molecule is CC(NC(=O)/C=C/c1ccc(Cl)cc1)c1ccc(N)cc1. The first-order chi connectivity index (χ1) is 10.0. The van der Waals surface area contributed by atoms with Crippen LogP contribution in [-0.4, -0.2) is 5.91 Å². The predicted octanol–water partition coefficient (Wildman–Crippen LogP) is 3.81. The first-order valence-corrected chi connectivity index (χ1v) is 7.02. The number of hydrogen-bond acceptors (Lipinski definition) is 2. The molecule has 2 aromatic rings. The molecule has 3 nitrogen and oxygen atoms in total. The molecule has 0 aliphatic heterocycles. The predicted molar refractivity (Wildman–Crippen MR) is 87.9 cm³/mol. The van der Waals surface area contributed by atoms with E-state index in [2.05, 4.69) is 5.32 Å². The van der Waals surface area contributed by atoms with Gasteiger partial charge in [-0.3, -0.25) is 4.79 Å². The lowest BCUT2D eigenvalue weighted by Gasteiger charge is -2.13. The van der Waals surface area contributed by atoms with Gasteiger partial charge in [0.05, 0.1) is 6.04 Å². The summed E-state index contributed by atoms with van der Waals surface area (Å²) >= 11 is 5.81. The van der Waals surface area contributed by atoms with Crippen LogP contribution in [0.5, 0.6) is 0 Å². The number of hydrogen-bond donors (Lipinski definition) is 2. The molecule has 0 spiro atoms. The van der Waals surface area contributed by atoms with Crippen molar-refractivity contribution < 1.29 is 4.79 Å². The highest BCUT2D eigenvalue weighted by Crippen LogP contribution is 2.14. The topological polar surface area (TPSA) is 55.1 Å². The highest BCUT2D eigenvalue weighted by Gasteiger charge is 2.06. The Morgan fingerprint density at radius 3 is 2.38 bits per heavy atom. The molecule has 0 bridgehead atoms. The maximum Gasteiger partial charge on any atom is 0.244 e. The fourth-order valence-corrected chi connectivity index (χ4v) is 2.00. The van der Waals surface area contributed by atoms with Crippen LogP contribution >= 0.6 is 11.6 Å². The summed E-state index contributed by atoms with van der Waals surface area (Å²) in [5.41, 5.74) is 8.29. The number of benzene rings is 2. The van der Waals surface area contributed by atoms with E-state index in [1.807, 2.05) is 43.3 Å². The Morgan fingerprint density at radius 1 is 1.14 bits per heavy atom. The van der Waals surface area contributed by atoms with Gasteiger partial charge in [0.15, 0.2) is 0 Å². The zero-order valence-corrected chi connectivity index (χ0v) is 12.5. The van der Waals surface area contributed by atoms with Crippen molar-refractivity contribution in [1.29, 1.82) is 0 Å². The Bertz CT molecular complexity index is 633. The second kappa shape index (κ2) is 6.95. The summed E-state index contributed by atoms with van der Waals surface area (Å²) in [5.74, 6) is -0.144. The van der Waals surface area contributed by atoms with Crippen molar-refractivity contribution >= 4 is 29.3 Å². The molecule has 0 radical (unpaired) electrons. The van der Waals surface area contributed by atoms with Gasteiger partial charge in [0.1, 0.15) is 0 Å². The number of halogens is 1. The smallest absolute Gasteiger partial charge is 0.244 e. The minimum absolute atomic E-state index is 0.0760. The van der Waals surface area contributed by atoms with Gasteiger partial charge in [0.25, 0.3) is 0 Å². The molecule has 1 unspecified atom stereocenters. The summed E-state index contributed by atoms with van der Waals surface area (Å²) in [6, 6.07) is 14.7. The quantitative estimate of drug-likeness (QED) is 0.666. The molecule has 3 N–H and O–H groups in total. The van der Waals surface area contributed by atoms with Crippen LogP contribution in [0.4, 0.5) is 5.69 Å². The van der Waals surface area contributed by atoms with Gasteiger partial charge in [-0.1, -0.05) is 35.9 Å². The van der Waals surface area contributed by atoms with Crippen molar-refractivity contribution in [2.45, 2.75) is 13.0 Å². The van der Waals surface area contributed by atoms with Gasteiger partial charge in [-0.05, 0) is 48.4 Å². The number of carbonyl (C=O) groups excluding carboxylic acids is 1. The lowest BCUT2D eigenvalue weighted by molar-refractivity contribution is -0.117. The van der Waals surface area contributed by atoms with E-state index in [4.69, 9.17) is 17.3 Å². The van der Waals surface area contributed by atoms with E-state index in [-0.39, 0.29) is 11.9 Å². The number of amides is 1. The van der Waals surface area contributed by atoms with Gasteiger partial charge in [-0.2, -0.15) is 0 Å². The van der Waals surface area contributed by atoms with Crippen LogP contribution < -0.4 is 11.1 Å². The summed E-state index contributed by atoms with van der Waals surface area (Å²) in [6.45, 7) is 1.93. The molecule has 21 heavy (non-hydrogen) atoms. The van der Waals surface area contributed by atoms with E-state index in [0.29, 0.717) is 10.7 Å². The van der Waals surface area contributed by atoms with Crippen LogP contribution in [0, 0.1) is 0 Å². The summed E-state index contributed by atoms with van der Waals surface area (Å²) in [5, 5.41) is 3.58. The van der Waals surface area contributed by atoms with Gasteiger partial charge in [0, 0.05) is 16.8 Å². The van der Waals surface area contributed by atoms with Crippen LogP contribution in [0.15, 0.2) is 54.6 Å². The highest BCUT2D eigenvalue weighted by atomic mass is 35.5. The van der Waals surface area contributed by atoms with E-state index in [1.54, 1.807) is 18.2 Å². The highest BCUT2D eigenvalue weighted by molar-refractivity contribution is 6.30. The van der Waals surface area contributed by atoms with Gasteiger partial charge < -0.3 is 11.1 Å². The largest absolute Gasteiger partial charge is 0.399 e. The Hall–Kier alpha value is -2.26. The zero-order valence-electron chi connectivity index (χ0n) is 11.7. The van der Waals surface area contributed by atoms with Crippen molar-refractivity contribution in [2.24, 2.45) is 0 Å². The Balaban J connectivity index is 1.94. The number of nitrogens with one attached hydrogen (secondary N) is 1. The van der Waals surface area contributed by atoms with Crippen LogP contribution in [-0.2, 0) is 4.79 Å². The minimum atomic E-state index is -0.144. The van der Waals surface area contributed by atoms with E-state index in [9.17, 15) is 4.79 Å². The number of nitrogens with two attached hydrogens (primary N) is 1. The third kappa shape index (κ3) is 4.65. The van der Waals surface area contributed by atoms with Crippen molar-refractivity contribution in [2.75, 3.05) is 5.73 Å². The third-order valence-corrected chi connectivity index (χ3v) is 3.34. The number of nitrogen functional groups attached to an aromatic ring is 1.